The van der Waals surface area contributed by atoms with Crippen LogP contribution in [-0.4, -0.2) is 28.0 Å². The van der Waals surface area contributed by atoms with Gasteiger partial charge in [0, 0.05) is 11.6 Å². The van der Waals surface area contributed by atoms with Crippen LogP contribution in [0.4, 0.5) is 8.78 Å². The molecule has 3 aromatic rings. The van der Waals surface area contributed by atoms with Crippen LogP contribution in [0.5, 0.6) is 5.75 Å². The summed E-state index contributed by atoms with van der Waals surface area (Å²) in [5.41, 5.74) is 1.85. The van der Waals surface area contributed by atoms with Gasteiger partial charge in [-0.15, -0.1) is 5.10 Å². The molecule has 0 spiro atoms. The molecule has 0 unspecified atom stereocenters. The first-order valence-electron chi connectivity index (χ1n) is 7.83. The highest BCUT2D eigenvalue weighted by molar-refractivity contribution is 5.93. The van der Waals surface area contributed by atoms with E-state index in [-0.39, 0.29) is 24.7 Å². The van der Waals surface area contributed by atoms with Crippen LogP contribution in [0.2, 0.25) is 0 Å². The first kappa shape index (κ1) is 17.5. The number of ether oxygens (including phenoxy) is 2. The fraction of sp³-hybridized carbons (Fsp3) is 0.167. The third kappa shape index (κ3) is 3.85. The van der Waals surface area contributed by atoms with Crippen molar-refractivity contribution in [3.8, 4) is 17.0 Å². The van der Waals surface area contributed by atoms with Crippen LogP contribution in [-0.2, 0) is 11.3 Å². The maximum atomic E-state index is 13.6. The van der Waals surface area contributed by atoms with E-state index in [1.54, 1.807) is 31.2 Å². The Morgan fingerprint density at radius 2 is 1.88 bits per heavy atom. The van der Waals surface area contributed by atoms with Gasteiger partial charge in [-0.1, -0.05) is 24.3 Å². The molecule has 1 aromatic heterocycles. The summed E-state index contributed by atoms with van der Waals surface area (Å²) in [7, 11) is 0. The second-order valence-corrected chi connectivity index (χ2v) is 5.30. The smallest absolute Gasteiger partial charge is 0.361 e. The first-order valence-corrected chi connectivity index (χ1v) is 7.83. The maximum Gasteiger partial charge on any atom is 0.361 e. The van der Waals surface area contributed by atoms with E-state index < -0.39 is 17.6 Å². The highest BCUT2D eigenvalue weighted by atomic mass is 19.1. The molecule has 0 saturated heterocycles. The SMILES string of the molecule is CCOC(=O)c1n[nH]nc1-c1ccc(COc2cc(F)ccc2F)cc1. The van der Waals surface area contributed by atoms with Crippen LogP contribution in [0.15, 0.2) is 42.5 Å². The summed E-state index contributed by atoms with van der Waals surface area (Å²) < 4.78 is 36.9. The first-order chi connectivity index (χ1) is 12.6. The fourth-order valence-corrected chi connectivity index (χ4v) is 2.28. The second-order valence-electron chi connectivity index (χ2n) is 5.30. The molecule has 8 heteroatoms. The molecule has 26 heavy (non-hydrogen) atoms. The minimum atomic E-state index is -0.635. The topological polar surface area (TPSA) is 77.1 Å². The van der Waals surface area contributed by atoms with Crippen molar-refractivity contribution in [3.63, 3.8) is 0 Å². The van der Waals surface area contributed by atoms with Crippen LogP contribution < -0.4 is 4.74 Å². The molecule has 134 valence electrons. The Bertz CT molecular complexity index is 910. The molecule has 1 N–H and O–H groups in total. The van der Waals surface area contributed by atoms with Crippen LogP contribution >= 0.6 is 0 Å². The van der Waals surface area contributed by atoms with Gasteiger partial charge in [-0.05, 0) is 24.6 Å². The number of aromatic amines is 1. The average molecular weight is 359 g/mol. The molecule has 0 atom stereocenters. The Labute approximate surface area is 147 Å². The molecule has 0 amide bonds. The van der Waals surface area contributed by atoms with Crippen molar-refractivity contribution in [2.45, 2.75) is 13.5 Å². The second kappa shape index (κ2) is 7.73. The van der Waals surface area contributed by atoms with Crippen LogP contribution in [0, 0.1) is 11.6 Å². The number of aromatic nitrogens is 3. The number of carbonyl (C=O) groups is 1. The summed E-state index contributed by atoms with van der Waals surface area (Å²) in [6, 6.07) is 9.94. The lowest BCUT2D eigenvalue weighted by Gasteiger charge is -2.08. The number of H-pyrrole nitrogens is 1. The molecule has 0 radical (unpaired) electrons. The average Bonchev–Trinajstić information content (AvgIpc) is 3.13. The Morgan fingerprint density at radius 3 is 2.62 bits per heavy atom. The van der Waals surface area contributed by atoms with Crippen molar-refractivity contribution < 1.29 is 23.0 Å². The lowest BCUT2D eigenvalue weighted by molar-refractivity contribution is 0.0520. The lowest BCUT2D eigenvalue weighted by atomic mass is 10.1. The molecule has 2 aromatic carbocycles. The predicted molar refractivity (Wildman–Crippen MR) is 88.5 cm³/mol. The Hall–Kier alpha value is -3.29. The van der Waals surface area contributed by atoms with Gasteiger partial charge in [0.15, 0.2) is 17.3 Å². The summed E-state index contributed by atoms with van der Waals surface area (Å²) in [5, 5.41) is 10.2. The molecule has 3 rings (SSSR count). The highest BCUT2D eigenvalue weighted by Gasteiger charge is 2.18. The van der Waals surface area contributed by atoms with E-state index in [1.807, 2.05) is 0 Å². The summed E-state index contributed by atoms with van der Waals surface area (Å²) >= 11 is 0. The van der Waals surface area contributed by atoms with Gasteiger partial charge in [0.2, 0.25) is 0 Å². The van der Waals surface area contributed by atoms with E-state index in [4.69, 9.17) is 9.47 Å². The van der Waals surface area contributed by atoms with Crippen LogP contribution in [0.1, 0.15) is 23.0 Å². The molecule has 1 heterocycles. The summed E-state index contributed by atoms with van der Waals surface area (Å²) in [5.74, 6) is -1.93. The third-order valence-electron chi connectivity index (χ3n) is 3.53. The van der Waals surface area contributed by atoms with E-state index in [0.717, 1.165) is 23.8 Å². The Kier molecular flexibility index (Phi) is 5.21. The number of esters is 1. The van der Waals surface area contributed by atoms with Gasteiger partial charge < -0.3 is 9.47 Å². The molecular formula is C18H15F2N3O3. The van der Waals surface area contributed by atoms with Gasteiger partial charge in [-0.25, -0.2) is 13.6 Å². The predicted octanol–water partition coefficient (Wildman–Crippen LogP) is 3.51. The standard InChI is InChI=1S/C18H15F2N3O3/c1-2-25-18(24)17-16(21-23-22-17)12-5-3-11(4-6-12)10-26-15-9-13(19)7-8-14(15)20/h3-9H,2,10H2,1H3,(H,21,22,23). The van der Waals surface area contributed by atoms with Gasteiger partial charge in [-0.3, -0.25) is 0 Å². The van der Waals surface area contributed by atoms with E-state index >= 15 is 0 Å². The van der Waals surface area contributed by atoms with Gasteiger partial charge in [0.25, 0.3) is 0 Å². The Morgan fingerprint density at radius 1 is 1.12 bits per heavy atom. The van der Waals surface area contributed by atoms with Gasteiger partial charge in [0.05, 0.1) is 6.61 Å². The monoisotopic (exact) mass is 359 g/mol. The van der Waals surface area contributed by atoms with Gasteiger partial charge >= 0.3 is 5.97 Å². The quantitative estimate of drug-likeness (QED) is 0.682. The molecular weight excluding hydrogens is 344 g/mol. The van der Waals surface area contributed by atoms with Crippen molar-refractivity contribution in [3.05, 3.63) is 65.4 Å². The molecule has 0 aliphatic heterocycles. The minimum absolute atomic E-state index is 0.0597. The molecule has 0 bridgehead atoms. The van der Waals surface area contributed by atoms with Crippen molar-refractivity contribution >= 4 is 5.97 Å². The molecule has 0 aliphatic carbocycles. The number of carbonyl (C=O) groups excluding carboxylic acids is 1. The van der Waals surface area contributed by atoms with Crippen LogP contribution in [0.3, 0.4) is 0 Å². The summed E-state index contributed by atoms with van der Waals surface area (Å²) in [6.07, 6.45) is 0. The van der Waals surface area contributed by atoms with Crippen molar-refractivity contribution in [2.75, 3.05) is 6.61 Å². The fourth-order valence-electron chi connectivity index (χ4n) is 2.28. The molecule has 0 fully saturated rings. The number of hydrogen-bond acceptors (Lipinski definition) is 5. The lowest BCUT2D eigenvalue weighted by Crippen LogP contribution is -2.06. The molecule has 0 saturated carbocycles. The number of benzene rings is 2. The zero-order chi connectivity index (χ0) is 18.5. The van der Waals surface area contributed by atoms with Gasteiger partial charge in [0.1, 0.15) is 18.1 Å². The maximum absolute atomic E-state index is 13.6. The zero-order valence-electron chi connectivity index (χ0n) is 13.8. The van der Waals surface area contributed by atoms with Crippen molar-refractivity contribution in [1.29, 1.82) is 0 Å². The summed E-state index contributed by atoms with van der Waals surface area (Å²) in [6.45, 7) is 2.00. The molecule has 6 nitrogen and oxygen atoms in total. The third-order valence-corrected chi connectivity index (χ3v) is 3.53. The number of halogens is 2. The zero-order valence-corrected chi connectivity index (χ0v) is 13.8. The normalized spacial score (nSPS) is 10.6. The molecule has 0 aliphatic rings. The van der Waals surface area contributed by atoms with E-state index in [2.05, 4.69) is 15.4 Å². The summed E-state index contributed by atoms with van der Waals surface area (Å²) in [4.78, 5) is 11.9. The number of nitrogens with zero attached hydrogens (tertiary/aromatic N) is 2. The van der Waals surface area contributed by atoms with Crippen LogP contribution in [0.25, 0.3) is 11.3 Å². The highest BCUT2D eigenvalue weighted by Crippen LogP contribution is 2.23. The Balaban J connectivity index is 1.72. The van der Waals surface area contributed by atoms with E-state index in [9.17, 15) is 13.6 Å². The van der Waals surface area contributed by atoms with Crippen molar-refractivity contribution in [2.24, 2.45) is 0 Å². The van der Waals surface area contributed by atoms with E-state index in [1.165, 1.54) is 0 Å². The largest absolute Gasteiger partial charge is 0.486 e. The van der Waals surface area contributed by atoms with Gasteiger partial charge in [-0.2, -0.15) is 10.3 Å². The van der Waals surface area contributed by atoms with E-state index in [0.29, 0.717) is 11.3 Å². The number of hydrogen-bond donors (Lipinski definition) is 1. The number of nitrogens with one attached hydrogen (secondary N) is 1. The minimum Gasteiger partial charge on any atom is -0.486 e. The van der Waals surface area contributed by atoms with Crippen molar-refractivity contribution in [1.82, 2.24) is 15.4 Å². The number of rotatable bonds is 6.